The Hall–Kier alpha value is -3.55. The lowest BCUT2D eigenvalue weighted by Gasteiger charge is -2.41. The molecule has 1 aromatic heterocycles. The van der Waals surface area contributed by atoms with Gasteiger partial charge in [-0.15, -0.1) is 0 Å². The minimum Gasteiger partial charge on any atom is -0.329 e. The third kappa shape index (κ3) is 8.22. The number of imidazole rings is 1. The van der Waals surface area contributed by atoms with Gasteiger partial charge in [0.25, 0.3) is 0 Å². The van der Waals surface area contributed by atoms with Gasteiger partial charge >= 0.3 is 0 Å². The predicted molar refractivity (Wildman–Crippen MR) is 151 cm³/mol. The summed E-state index contributed by atoms with van der Waals surface area (Å²) in [7, 11) is -3.20. The summed E-state index contributed by atoms with van der Waals surface area (Å²) in [6, 6.07) is 14.5. The van der Waals surface area contributed by atoms with Gasteiger partial charge < -0.3 is 9.47 Å². The Labute approximate surface area is 230 Å². The Balaban J connectivity index is 0.00000205. The molecule has 0 spiro atoms. The number of hydrogen-bond donors (Lipinski definition) is 0. The smallest absolute Gasteiger partial charge is 0.241 e. The van der Waals surface area contributed by atoms with Crippen molar-refractivity contribution in [2.75, 3.05) is 30.0 Å². The standard InChI is InChI=1S/C27H30FN5O3S.C2H6/c1-20-9-23(12-28)11-25(10-20)33-17-24(7-8-37(2,35)36)31(18-27(33)34)16-26-14-30-19-32(26)15-22-5-3-21(13-29)4-6-22;1-2/h3-6,9-11,14,19,24H,7-8,12,15-18H2,1-2H3;1-2H3/t24-;/m0./s1. The number of halogens is 1. The molecule has 0 unspecified atom stereocenters. The molecule has 1 aliphatic rings. The van der Waals surface area contributed by atoms with Gasteiger partial charge in [-0.05, 0) is 54.3 Å². The van der Waals surface area contributed by atoms with Gasteiger partial charge in [0.05, 0.1) is 36.0 Å². The Kier molecular flexibility index (Phi) is 10.4. The predicted octanol–water partition coefficient (Wildman–Crippen LogP) is 4.26. The number of nitriles is 1. The zero-order chi connectivity index (χ0) is 28.6. The highest BCUT2D eigenvalue weighted by atomic mass is 32.2. The molecule has 0 N–H and O–H groups in total. The summed E-state index contributed by atoms with van der Waals surface area (Å²) in [6.45, 7) is 6.64. The van der Waals surface area contributed by atoms with Crippen molar-refractivity contribution in [2.45, 2.75) is 53.0 Å². The Morgan fingerprint density at radius 1 is 1.10 bits per heavy atom. The molecule has 1 fully saturated rings. The number of hydrogen-bond acceptors (Lipinski definition) is 6. The van der Waals surface area contributed by atoms with Crippen molar-refractivity contribution in [3.8, 4) is 6.07 Å². The van der Waals surface area contributed by atoms with E-state index >= 15 is 0 Å². The maximum Gasteiger partial charge on any atom is 0.241 e. The third-order valence-electron chi connectivity index (χ3n) is 6.56. The second-order valence-electron chi connectivity index (χ2n) is 9.61. The van der Waals surface area contributed by atoms with Crippen molar-refractivity contribution in [3.05, 3.63) is 82.9 Å². The summed E-state index contributed by atoms with van der Waals surface area (Å²) >= 11 is 0. The molecular formula is C29H36FN5O3S. The van der Waals surface area contributed by atoms with Crippen molar-refractivity contribution in [3.63, 3.8) is 0 Å². The molecule has 39 heavy (non-hydrogen) atoms. The number of piperazine rings is 1. The number of aryl methyl sites for hydroxylation is 1. The number of benzene rings is 2. The number of carbonyl (C=O) groups is 1. The first kappa shape index (κ1) is 30.0. The van der Waals surface area contributed by atoms with Crippen molar-refractivity contribution in [2.24, 2.45) is 0 Å². The van der Waals surface area contributed by atoms with Gasteiger partial charge in [-0.3, -0.25) is 9.69 Å². The number of aromatic nitrogens is 2. The molecule has 0 radical (unpaired) electrons. The van der Waals surface area contributed by atoms with Gasteiger partial charge in [0, 0.05) is 43.8 Å². The van der Waals surface area contributed by atoms with Crippen molar-refractivity contribution >= 4 is 21.4 Å². The summed E-state index contributed by atoms with van der Waals surface area (Å²) in [5.41, 5.74) is 4.49. The van der Waals surface area contributed by atoms with E-state index in [1.165, 1.54) is 6.26 Å². The third-order valence-corrected chi connectivity index (χ3v) is 7.54. The number of alkyl halides is 1. The number of sulfone groups is 1. The van der Waals surface area contributed by atoms with Crippen molar-refractivity contribution in [1.82, 2.24) is 14.5 Å². The molecular weight excluding hydrogens is 517 g/mol. The first-order chi connectivity index (χ1) is 18.6. The van der Waals surface area contributed by atoms with Crippen LogP contribution in [0.1, 0.15) is 48.2 Å². The first-order valence-electron chi connectivity index (χ1n) is 13.0. The van der Waals surface area contributed by atoms with Crippen molar-refractivity contribution in [1.29, 1.82) is 5.26 Å². The van der Waals surface area contributed by atoms with E-state index in [0.29, 0.717) is 42.9 Å². The minimum atomic E-state index is -3.20. The molecule has 208 valence electrons. The van der Waals surface area contributed by atoms with Crippen LogP contribution in [0.25, 0.3) is 0 Å². The van der Waals surface area contributed by atoms with E-state index in [9.17, 15) is 17.6 Å². The number of anilines is 1. The van der Waals surface area contributed by atoms with Gasteiger partial charge in [0.2, 0.25) is 5.91 Å². The zero-order valence-electron chi connectivity index (χ0n) is 23.0. The van der Waals surface area contributed by atoms with Crippen molar-refractivity contribution < 1.29 is 17.6 Å². The zero-order valence-corrected chi connectivity index (χ0v) is 23.8. The van der Waals surface area contributed by atoms with Gasteiger partial charge in [0.1, 0.15) is 16.5 Å². The fourth-order valence-corrected chi connectivity index (χ4v) is 5.36. The fourth-order valence-electron chi connectivity index (χ4n) is 4.66. The van der Waals surface area contributed by atoms with Crippen LogP contribution in [0.2, 0.25) is 0 Å². The second-order valence-corrected chi connectivity index (χ2v) is 11.9. The normalized spacial score (nSPS) is 15.9. The summed E-state index contributed by atoms with van der Waals surface area (Å²) in [5.74, 6) is -0.117. The highest BCUT2D eigenvalue weighted by Crippen LogP contribution is 2.26. The van der Waals surface area contributed by atoms with Crippen LogP contribution in [0.15, 0.2) is 55.0 Å². The van der Waals surface area contributed by atoms with Gasteiger partial charge in [0.15, 0.2) is 0 Å². The Morgan fingerprint density at radius 3 is 2.46 bits per heavy atom. The van der Waals surface area contributed by atoms with E-state index in [1.54, 1.807) is 41.7 Å². The van der Waals surface area contributed by atoms with E-state index in [-0.39, 0.29) is 24.2 Å². The monoisotopic (exact) mass is 553 g/mol. The molecule has 0 saturated carbocycles. The molecule has 0 bridgehead atoms. The van der Waals surface area contributed by atoms with Crippen LogP contribution >= 0.6 is 0 Å². The lowest BCUT2D eigenvalue weighted by Crippen LogP contribution is -2.56. The molecule has 4 rings (SSSR count). The maximum atomic E-state index is 13.4. The van der Waals surface area contributed by atoms with E-state index < -0.39 is 16.5 Å². The lowest BCUT2D eigenvalue weighted by molar-refractivity contribution is -0.122. The van der Waals surface area contributed by atoms with Crippen LogP contribution in [-0.2, 0) is 34.4 Å². The van der Waals surface area contributed by atoms with Crippen LogP contribution in [0.4, 0.5) is 10.1 Å². The average molecular weight is 554 g/mol. The summed E-state index contributed by atoms with van der Waals surface area (Å²) in [6.07, 6.45) is 5.06. The van der Waals surface area contributed by atoms with E-state index in [4.69, 9.17) is 5.26 Å². The minimum absolute atomic E-state index is 0.00421. The molecule has 1 saturated heterocycles. The number of rotatable bonds is 9. The first-order valence-corrected chi connectivity index (χ1v) is 15.1. The SMILES string of the molecule is CC.Cc1cc(CF)cc(N2C[C@H](CCS(C)(=O)=O)N(Cc3cncn3Cc3ccc(C#N)cc3)CC2=O)c1. The van der Waals surface area contributed by atoms with Gasteiger partial charge in [-0.2, -0.15) is 5.26 Å². The van der Waals surface area contributed by atoms with E-state index in [1.807, 2.05) is 48.4 Å². The fraction of sp³-hybridized carbons (Fsp3) is 0.414. The molecule has 3 aromatic rings. The lowest BCUT2D eigenvalue weighted by atomic mass is 10.1. The van der Waals surface area contributed by atoms with Crippen LogP contribution < -0.4 is 4.90 Å². The maximum absolute atomic E-state index is 13.4. The molecule has 1 aliphatic heterocycles. The molecule has 2 heterocycles. The summed E-state index contributed by atoms with van der Waals surface area (Å²) in [5, 5.41) is 9.03. The number of carbonyl (C=O) groups excluding carboxylic acids is 1. The summed E-state index contributed by atoms with van der Waals surface area (Å²) in [4.78, 5) is 21.2. The largest absolute Gasteiger partial charge is 0.329 e. The molecule has 10 heteroatoms. The second kappa shape index (κ2) is 13.5. The van der Waals surface area contributed by atoms with E-state index in [2.05, 4.69) is 11.1 Å². The van der Waals surface area contributed by atoms with Gasteiger partial charge in [-0.25, -0.2) is 17.8 Å². The molecule has 1 amide bonds. The topological polar surface area (TPSA) is 99.3 Å². The van der Waals surface area contributed by atoms with Crippen LogP contribution in [0, 0.1) is 18.3 Å². The molecule has 1 atom stereocenters. The molecule has 8 nitrogen and oxygen atoms in total. The average Bonchev–Trinajstić information content (AvgIpc) is 3.35. The highest BCUT2D eigenvalue weighted by Gasteiger charge is 2.34. The Bertz CT molecular complexity index is 1410. The number of nitrogens with zero attached hydrogens (tertiary/aromatic N) is 5. The van der Waals surface area contributed by atoms with E-state index in [0.717, 1.165) is 16.8 Å². The Morgan fingerprint density at radius 2 is 1.82 bits per heavy atom. The van der Waals surface area contributed by atoms with Crippen LogP contribution in [0.3, 0.4) is 0 Å². The van der Waals surface area contributed by atoms with Crippen LogP contribution in [0.5, 0.6) is 0 Å². The number of amides is 1. The summed E-state index contributed by atoms with van der Waals surface area (Å²) < 4.78 is 39.3. The highest BCUT2D eigenvalue weighted by molar-refractivity contribution is 7.90. The van der Waals surface area contributed by atoms with Crippen LogP contribution in [-0.4, -0.2) is 59.9 Å². The molecule has 0 aliphatic carbocycles. The quantitative estimate of drug-likeness (QED) is 0.393. The molecule has 2 aromatic carbocycles. The van der Waals surface area contributed by atoms with Gasteiger partial charge in [-0.1, -0.05) is 32.0 Å².